The molecule has 150 valence electrons. The highest BCUT2D eigenvalue weighted by molar-refractivity contribution is 5.65. The summed E-state index contributed by atoms with van der Waals surface area (Å²) in [6.45, 7) is -0.464. The van der Waals surface area contributed by atoms with Gasteiger partial charge >= 0.3 is 0 Å². The van der Waals surface area contributed by atoms with Gasteiger partial charge in [-0.25, -0.2) is 0 Å². The van der Waals surface area contributed by atoms with Gasteiger partial charge < -0.3 is 39.8 Å². The topological polar surface area (TPSA) is 137 Å². The number of hydrogen-bond acceptors (Lipinski definition) is 8. The van der Waals surface area contributed by atoms with Crippen molar-refractivity contribution in [2.24, 2.45) is 11.8 Å². The van der Waals surface area contributed by atoms with E-state index in [4.69, 9.17) is 9.47 Å². The minimum absolute atomic E-state index is 0.121. The lowest BCUT2D eigenvalue weighted by Crippen LogP contribution is -2.37. The fourth-order valence-corrected chi connectivity index (χ4v) is 3.93. The van der Waals surface area contributed by atoms with E-state index in [1.807, 2.05) is 0 Å². The van der Waals surface area contributed by atoms with Gasteiger partial charge in [0.1, 0.15) is 6.29 Å². The number of aromatic hydroxyl groups is 3. The second-order valence-electron chi connectivity index (χ2n) is 6.73. The molecule has 4 unspecified atom stereocenters. The molecule has 0 heterocycles. The van der Waals surface area contributed by atoms with E-state index < -0.39 is 42.0 Å². The van der Waals surface area contributed by atoms with E-state index >= 15 is 0 Å². The van der Waals surface area contributed by atoms with E-state index in [1.165, 1.54) is 38.5 Å². The SMILES string of the molecule is COc1cc(C2c3cc(O)c(O)cc3C(O)C(CO)C2C=O)cc(OC)c1O. The molecule has 0 aromatic heterocycles. The number of rotatable bonds is 5. The van der Waals surface area contributed by atoms with Gasteiger partial charge in [-0.05, 0) is 41.0 Å². The summed E-state index contributed by atoms with van der Waals surface area (Å²) in [5, 5.41) is 50.5. The summed E-state index contributed by atoms with van der Waals surface area (Å²) in [6, 6.07) is 5.56. The van der Waals surface area contributed by atoms with E-state index in [9.17, 15) is 30.3 Å². The lowest BCUT2D eigenvalue weighted by Gasteiger charge is -2.40. The summed E-state index contributed by atoms with van der Waals surface area (Å²) in [6.07, 6.45) is -0.563. The van der Waals surface area contributed by atoms with Crippen molar-refractivity contribution in [2.75, 3.05) is 20.8 Å². The van der Waals surface area contributed by atoms with Crippen molar-refractivity contribution in [3.63, 3.8) is 0 Å². The molecule has 0 aliphatic heterocycles. The largest absolute Gasteiger partial charge is 0.504 e. The maximum absolute atomic E-state index is 12.0. The summed E-state index contributed by atoms with van der Waals surface area (Å²) in [5.41, 5.74) is 1.23. The summed E-state index contributed by atoms with van der Waals surface area (Å²) in [7, 11) is 2.74. The third kappa shape index (κ3) is 3.00. The molecule has 0 radical (unpaired) electrons. The molecule has 0 spiro atoms. The molecular formula is C20H22O8. The van der Waals surface area contributed by atoms with Crippen molar-refractivity contribution in [3.05, 3.63) is 41.0 Å². The van der Waals surface area contributed by atoms with E-state index in [2.05, 4.69) is 0 Å². The second kappa shape index (κ2) is 7.57. The fourth-order valence-electron chi connectivity index (χ4n) is 3.93. The highest BCUT2D eigenvalue weighted by Gasteiger charge is 2.43. The monoisotopic (exact) mass is 390 g/mol. The van der Waals surface area contributed by atoms with Crippen LogP contribution in [0.1, 0.15) is 28.7 Å². The quantitative estimate of drug-likeness (QED) is 0.382. The zero-order chi connectivity index (χ0) is 20.6. The first kappa shape index (κ1) is 19.8. The number of benzene rings is 2. The van der Waals surface area contributed by atoms with Crippen LogP contribution in [0.2, 0.25) is 0 Å². The van der Waals surface area contributed by atoms with Gasteiger partial charge in [0.05, 0.1) is 20.3 Å². The minimum atomic E-state index is -1.21. The van der Waals surface area contributed by atoms with Gasteiger partial charge in [-0.2, -0.15) is 0 Å². The Morgan fingerprint density at radius 2 is 1.50 bits per heavy atom. The van der Waals surface area contributed by atoms with E-state index in [-0.39, 0.29) is 17.2 Å². The van der Waals surface area contributed by atoms with E-state index in [0.29, 0.717) is 23.0 Å². The second-order valence-corrected chi connectivity index (χ2v) is 6.73. The molecule has 3 rings (SSSR count). The Morgan fingerprint density at radius 1 is 0.964 bits per heavy atom. The first-order chi connectivity index (χ1) is 13.4. The number of fused-ring (bicyclic) bond motifs is 1. The van der Waals surface area contributed by atoms with Crippen LogP contribution in [0.5, 0.6) is 28.7 Å². The first-order valence-corrected chi connectivity index (χ1v) is 8.62. The Hall–Kier alpha value is -2.97. The molecule has 0 saturated heterocycles. The van der Waals surface area contributed by atoms with Gasteiger partial charge in [-0.1, -0.05) is 0 Å². The number of carbonyl (C=O) groups is 1. The molecular weight excluding hydrogens is 368 g/mol. The Labute approximate surface area is 161 Å². The van der Waals surface area contributed by atoms with Crippen LogP contribution >= 0.6 is 0 Å². The molecule has 1 aliphatic carbocycles. The van der Waals surface area contributed by atoms with Gasteiger partial charge in [0, 0.05) is 24.4 Å². The molecule has 0 saturated carbocycles. The average molecular weight is 390 g/mol. The number of aliphatic hydroxyl groups is 2. The maximum Gasteiger partial charge on any atom is 0.200 e. The molecule has 28 heavy (non-hydrogen) atoms. The highest BCUT2D eigenvalue weighted by Crippen LogP contribution is 2.52. The molecule has 0 bridgehead atoms. The van der Waals surface area contributed by atoms with E-state index in [0.717, 1.165) is 0 Å². The van der Waals surface area contributed by atoms with Crippen LogP contribution in [-0.2, 0) is 4.79 Å². The lowest BCUT2D eigenvalue weighted by molar-refractivity contribution is -0.116. The smallest absolute Gasteiger partial charge is 0.200 e. The number of methoxy groups -OCH3 is 2. The van der Waals surface area contributed by atoms with Crippen LogP contribution in [0.25, 0.3) is 0 Å². The summed E-state index contributed by atoms with van der Waals surface area (Å²) >= 11 is 0. The molecule has 8 nitrogen and oxygen atoms in total. The van der Waals surface area contributed by atoms with Crippen LogP contribution in [0, 0.1) is 11.8 Å². The number of carbonyl (C=O) groups excluding carboxylic acids is 1. The zero-order valence-electron chi connectivity index (χ0n) is 15.4. The molecule has 2 aromatic carbocycles. The van der Waals surface area contributed by atoms with Gasteiger partial charge in [-0.15, -0.1) is 0 Å². The van der Waals surface area contributed by atoms with Crippen molar-refractivity contribution < 1.29 is 39.8 Å². The summed E-state index contributed by atoms with van der Waals surface area (Å²) in [4.78, 5) is 12.0. The number of aldehydes is 1. The van der Waals surface area contributed by atoms with Crippen LogP contribution in [0.3, 0.4) is 0 Å². The molecule has 8 heteroatoms. The Bertz CT molecular complexity index is 869. The number of ether oxygens (including phenoxy) is 2. The standard InChI is InChI=1S/C20H22O8/c1-27-16-3-9(4-17(28-2)20(16)26)18-10-5-14(23)15(24)6-11(10)19(25)13(8-22)12(18)7-21/h3-7,12-13,18-19,22-26H,8H2,1-2H3. The third-order valence-electron chi connectivity index (χ3n) is 5.35. The molecule has 1 aliphatic rings. The van der Waals surface area contributed by atoms with Crippen molar-refractivity contribution in [2.45, 2.75) is 12.0 Å². The van der Waals surface area contributed by atoms with Gasteiger partial charge in [0.2, 0.25) is 5.75 Å². The normalized spacial score (nSPS) is 23.7. The Balaban J connectivity index is 2.30. The van der Waals surface area contributed by atoms with Crippen LogP contribution in [0.4, 0.5) is 0 Å². The molecule has 5 N–H and O–H groups in total. The molecule has 0 amide bonds. The van der Waals surface area contributed by atoms with Gasteiger partial charge in [-0.3, -0.25) is 0 Å². The van der Waals surface area contributed by atoms with Crippen molar-refractivity contribution in [3.8, 4) is 28.7 Å². The number of aliphatic hydroxyl groups excluding tert-OH is 2. The van der Waals surface area contributed by atoms with Crippen molar-refractivity contribution >= 4 is 6.29 Å². The molecule has 2 aromatic rings. The van der Waals surface area contributed by atoms with Crippen molar-refractivity contribution in [1.82, 2.24) is 0 Å². The minimum Gasteiger partial charge on any atom is -0.504 e. The first-order valence-electron chi connectivity index (χ1n) is 8.62. The maximum atomic E-state index is 12.0. The fraction of sp³-hybridized carbons (Fsp3) is 0.350. The number of phenolic OH excluding ortho intramolecular Hbond substituents is 3. The Morgan fingerprint density at radius 3 is 1.96 bits per heavy atom. The van der Waals surface area contributed by atoms with Crippen molar-refractivity contribution in [1.29, 1.82) is 0 Å². The van der Waals surface area contributed by atoms with Gasteiger partial charge in [0.25, 0.3) is 0 Å². The number of phenols is 3. The number of hydrogen-bond donors (Lipinski definition) is 5. The average Bonchev–Trinajstić information content (AvgIpc) is 2.69. The molecule has 4 atom stereocenters. The highest BCUT2D eigenvalue weighted by atomic mass is 16.5. The van der Waals surface area contributed by atoms with Gasteiger partial charge in [0.15, 0.2) is 23.0 Å². The molecule has 0 fully saturated rings. The van der Waals surface area contributed by atoms with E-state index in [1.54, 1.807) is 0 Å². The van der Waals surface area contributed by atoms with Crippen LogP contribution in [-0.4, -0.2) is 52.6 Å². The lowest BCUT2D eigenvalue weighted by atomic mass is 9.66. The zero-order valence-corrected chi connectivity index (χ0v) is 15.4. The predicted molar refractivity (Wildman–Crippen MR) is 97.9 cm³/mol. The third-order valence-corrected chi connectivity index (χ3v) is 5.35. The predicted octanol–water partition coefficient (Wildman–Crippen LogP) is 1.42. The summed E-state index contributed by atoms with van der Waals surface area (Å²) in [5.74, 6) is -3.15. The summed E-state index contributed by atoms with van der Waals surface area (Å²) < 4.78 is 10.4. The Kier molecular flexibility index (Phi) is 5.35. The van der Waals surface area contributed by atoms with Crippen LogP contribution < -0.4 is 9.47 Å². The van der Waals surface area contributed by atoms with Crippen LogP contribution in [0.15, 0.2) is 24.3 Å².